The summed E-state index contributed by atoms with van der Waals surface area (Å²) in [6.45, 7) is 7.28. The lowest BCUT2D eigenvalue weighted by Gasteiger charge is -2.13. The first kappa shape index (κ1) is 19.6. The molecule has 0 aliphatic heterocycles. The summed E-state index contributed by atoms with van der Waals surface area (Å²) in [4.78, 5) is 16.2. The largest absolute Gasteiger partial charge is 0.300 e. The first-order chi connectivity index (χ1) is 9.70. The third kappa shape index (κ3) is 14.0. The minimum atomic E-state index is -0.279. The molecule has 0 fully saturated rings. The molecule has 0 radical (unpaired) electrons. The maximum Gasteiger partial charge on any atom is 0.150 e. The van der Waals surface area contributed by atoms with Crippen molar-refractivity contribution in [2.45, 2.75) is 91.1 Å². The molecular weight excluding hydrogens is 250 g/mol. The smallest absolute Gasteiger partial charge is 0.150 e. The minimum Gasteiger partial charge on any atom is -0.300 e. The van der Waals surface area contributed by atoms with Gasteiger partial charge in [-0.2, -0.15) is 0 Å². The third-order valence-electron chi connectivity index (χ3n) is 3.47. The van der Waals surface area contributed by atoms with E-state index in [4.69, 9.17) is 4.84 Å². The molecule has 0 aromatic carbocycles. The number of carbonyl (C=O) groups excluding carboxylic acids is 1. The molecule has 0 spiro atoms. The highest BCUT2D eigenvalue weighted by Gasteiger charge is 2.07. The minimum absolute atomic E-state index is 0.279. The number of hydroxylamine groups is 1. The van der Waals surface area contributed by atoms with Crippen LogP contribution in [0.3, 0.4) is 0 Å². The van der Waals surface area contributed by atoms with Gasteiger partial charge in [-0.1, -0.05) is 78.6 Å². The van der Waals surface area contributed by atoms with Crippen molar-refractivity contribution in [1.82, 2.24) is 5.48 Å². The molecule has 0 bridgehead atoms. The molecule has 120 valence electrons. The summed E-state index contributed by atoms with van der Waals surface area (Å²) in [6.07, 6.45) is 13.2. The normalized spacial score (nSPS) is 12.8. The van der Waals surface area contributed by atoms with Gasteiger partial charge >= 0.3 is 0 Å². The third-order valence-corrected chi connectivity index (χ3v) is 3.47. The van der Waals surface area contributed by atoms with Crippen molar-refractivity contribution < 1.29 is 9.63 Å². The van der Waals surface area contributed by atoms with Gasteiger partial charge in [0.05, 0.1) is 0 Å². The Labute approximate surface area is 125 Å². The molecule has 0 rings (SSSR count). The van der Waals surface area contributed by atoms with Gasteiger partial charge in [0.2, 0.25) is 0 Å². The van der Waals surface area contributed by atoms with Gasteiger partial charge in [-0.3, -0.25) is 4.84 Å². The number of nitrogens with one attached hydrogen (secondary N) is 1. The first-order valence-electron chi connectivity index (χ1n) is 8.54. The van der Waals surface area contributed by atoms with Gasteiger partial charge in [-0.05, 0) is 12.3 Å². The molecule has 0 aliphatic rings. The van der Waals surface area contributed by atoms with Crippen LogP contribution in [0.15, 0.2) is 0 Å². The summed E-state index contributed by atoms with van der Waals surface area (Å²) >= 11 is 0. The molecule has 1 unspecified atom stereocenters. The fourth-order valence-corrected chi connectivity index (χ4v) is 2.13. The number of hydrogen-bond donors (Lipinski definition) is 1. The molecule has 20 heavy (non-hydrogen) atoms. The van der Waals surface area contributed by atoms with E-state index in [1.54, 1.807) is 0 Å². The molecule has 0 heterocycles. The SMILES string of the molecule is CCCCCCCCCCCC(C=O)ONCC(C)C. The Kier molecular flexibility index (Phi) is 14.7. The van der Waals surface area contributed by atoms with Crippen LogP contribution in [-0.2, 0) is 9.63 Å². The Bertz CT molecular complexity index is 207. The summed E-state index contributed by atoms with van der Waals surface area (Å²) in [7, 11) is 0. The van der Waals surface area contributed by atoms with Crippen LogP contribution in [0.4, 0.5) is 0 Å². The van der Waals surface area contributed by atoms with Crippen molar-refractivity contribution >= 4 is 6.29 Å². The van der Waals surface area contributed by atoms with E-state index in [1.807, 2.05) is 0 Å². The summed E-state index contributed by atoms with van der Waals surface area (Å²) in [5.41, 5.74) is 2.89. The van der Waals surface area contributed by atoms with Crippen LogP contribution in [0, 0.1) is 5.92 Å². The van der Waals surface area contributed by atoms with Gasteiger partial charge in [0, 0.05) is 6.54 Å². The van der Waals surface area contributed by atoms with E-state index in [0.29, 0.717) is 5.92 Å². The summed E-state index contributed by atoms with van der Waals surface area (Å²) < 4.78 is 0. The van der Waals surface area contributed by atoms with Crippen LogP contribution >= 0.6 is 0 Å². The van der Waals surface area contributed by atoms with Gasteiger partial charge in [0.25, 0.3) is 0 Å². The molecule has 1 atom stereocenters. The highest BCUT2D eigenvalue weighted by Crippen LogP contribution is 2.11. The zero-order valence-corrected chi connectivity index (χ0v) is 13.8. The molecule has 0 aromatic rings. The van der Waals surface area contributed by atoms with Crippen molar-refractivity contribution in [2.75, 3.05) is 6.54 Å². The number of aldehydes is 1. The first-order valence-corrected chi connectivity index (χ1v) is 8.54. The van der Waals surface area contributed by atoms with Crippen molar-refractivity contribution in [3.63, 3.8) is 0 Å². The van der Waals surface area contributed by atoms with E-state index in [-0.39, 0.29) is 6.10 Å². The highest BCUT2D eigenvalue weighted by atomic mass is 16.7. The van der Waals surface area contributed by atoms with E-state index in [9.17, 15) is 4.79 Å². The van der Waals surface area contributed by atoms with E-state index in [0.717, 1.165) is 25.7 Å². The summed E-state index contributed by atoms with van der Waals surface area (Å²) in [5.74, 6) is 0.537. The molecule has 0 amide bonds. The molecular formula is C17H35NO2. The molecule has 3 nitrogen and oxygen atoms in total. The maximum atomic E-state index is 10.9. The lowest BCUT2D eigenvalue weighted by atomic mass is 10.1. The van der Waals surface area contributed by atoms with E-state index in [1.165, 1.54) is 51.4 Å². The average Bonchev–Trinajstić information content (AvgIpc) is 2.43. The Balaban J connectivity index is 3.31. The summed E-state index contributed by atoms with van der Waals surface area (Å²) in [6, 6.07) is 0. The maximum absolute atomic E-state index is 10.9. The van der Waals surface area contributed by atoms with Gasteiger partial charge in [-0.25, -0.2) is 5.48 Å². The standard InChI is InChI=1S/C17H35NO2/c1-4-5-6-7-8-9-10-11-12-13-17(15-19)20-18-14-16(2)3/h15-18H,4-14H2,1-3H3. The van der Waals surface area contributed by atoms with Gasteiger partial charge < -0.3 is 4.79 Å². The van der Waals surface area contributed by atoms with Crippen LogP contribution in [0.2, 0.25) is 0 Å². The molecule has 0 aromatic heterocycles. The van der Waals surface area contributed by atoms with Gasteiger partial charge in [-0.15, -0.1) is 0 Å². The van der Waals surface area contributed by atoms with Crippen LogP contribution in [0.1, 0.15) is 85.0 Å². The van der Waals surface area contributed by atoms with Gasteiger partial charge in [0.1, 0.15) is 6.10 Å². The fraction of sp³-hybridized carbons (Fsp3) is 0.941. The van der Waals surface area contributed by atoms with Crippen molar-refractivity contribution in [2.24, 2.45) is 5.92 Å². The molecule has 0 aliphatic carbocycles. The fourth-order valence-electron chi connectivity index (χ4n) is 2.13. The van der Waals surface area contributed by atoms with Crippen molar-refractivity contribution in [3.05, 3.63) is 0 Å². The van der Waals surface area contributed by atoms with E-state index < -0.39 is 0 Å². The second kappa shape index (κ2) is 15.0. The van der Waals surface area contributed by atoms with Crippen LogP contribution in [-0.4, -0.2) is 18.9 Å². The van der Waals surface area contributed by atoms with Crippen LogP contribution < -0.4 is 5.48 Å². The molecule has 1 N–H and O–H groups in total. The van der Waals surface area contributed by atoms with E-state index >= 15 is 0 Å². The monoisotopic (exact) mass is 285 g/mol. The Morgan fingerprint density at radius 1 is 0.950 bits per heavy atom. The number of carbonyl (C=O) groups is 1. The van der Waals surface area contributed by atoms with Crippen LogP contribution in [0.25, 0.3) is 0 Å². The molecule has 3 heteroatoms. The van der Waals surface area contributed by atoms with E-state index in [2.05, 4.69) is 26.3 Å². The zero-order valence-electron chi connectivity index (χ0n) is 13.8. The number of hydrogen-bond acceptors (Lipinski definition) is 3. The molecule has 0 saturated carbocycles. The summed E-state index contributed by atoms with van der Waals surface area (Å²) in [5, 5.41) is 0. The molecule has 0 saturated heterocycles. The van der Waals surface area contributed by atoms with Gasteiger partial charge in [0.15, 0.2) is 6.29 Å². The average molecular weight is 285 g/mol. The highest BCUT2D eigenvalue weighted by molar-refractivity contribution is 5.55. The number of unbranched alkanes of at least 4 members (excludes halogenated alkanes) is 8. The van der Waals surface area contributed by atoms with Crippen molar-refractivity contribution in [3.8, 4) is 0 Å². The second-order valence-corrected chi connectivity index (χ2v) is 6.15. The topological polar surface area (TPSA) is 38.3 Å². The Morgan fingerprint density at radius 2 is 1.50 bits per heavy atom. The predicted octanol–water partition coefficient (Wildman–Crippen LogP) is 4.65. The Morgan fingerprint density at radius 3 is 2.00 bits per heavy atom. The lowest BCUT2D eigenvalue weighted by molar-refractivity contribution is -0.124. The van der Waals surface area contributed by atoms with Crippen molar-refractivity contribution in [1.29, 1.82) is 0 Å². The second-order valence-electron chi connectivity index (χ2n) is 6.15. The quantitative estimate of drug-likeness (QED) is 0.270. The zero-order chi connectivity index (χ0) is 15.1. The number of rotatable bonds is 15. The lowest BCUT2D eigenvalue weighted by Crippen LogP contribution is -2.28. The Hall–Kier alpha value is -0.410. The predicted molar refractivity (Wildman–Crippen MR) is 85.6 cm³/mol. The van der Waals surface area contributed by atoms with Crippen LogP contribution in [0.5, 0.6) is 0 Å².